The van der Waals surface area contributed by atoms with Gasteiger partial charge in [0.15, 0.2) is 0 Å². The molecule has 1 unspecified atom stereocenters. The fourth-order valence-corrected chi connectivity index (χ4v) is 2.28. The normalized spacial score (nSPS) is 11.8. The van der Waals surface area contributed by atoms with E-state index in [1.807, 2.05) is 24.3 Å². The number of hydrogen-bond acceptors (Lipinski definition) is 3. The van der Waals surface area contributed by atoms with E-state index < -0.39 is 0 Å². The lowest BCUT2D eigenvalue weighted by Gasteiger charge is -2.16. The second-order valence-electron chi connectivity index (χ2n) is 5.11. The Morgan fingerprint density at radius 1 is 1.17 bits per heavy atom. The summed E-state index contributed by atoms with van der Waals surface area (Å²) < 4.78 is 23.7. The molecule has 1 atom stereocenters. The molecule has 4 nitrogen and oxygen atoms in total. The van der Waals surface area contributed by atoms with Gasteiger partial charge >= 0.3 is 0 Å². The molecule has 2 aromatic rings. The maximum atomic E-state index is 13.3. The first-order chi connectivity index (χ1) is 11.1. The van der Waals surface area contributed by atoms with Crippen molar-refractivity contribution in [2.24, 2.45) is 0 Å². The third-order valence-electron chi connectivity index (χ3n) is 3.49. The van der Waals surface area contributed by atoms with E-state index in [0.29, 0.717) is 11.3 Å². The van der Waals surface area contributed by atoms with Crippen molar-refractivity contribution in [2.75, 3.05) is 20.8 Å². The van der Waals surface area contributed by atoms with Crippen molar-refractivity contribution in [2.45, 2.75) is 12.5 Å². The molecule has 0 saturated heterocycles. The van der Waals surface area contributed by atoms with Crippen molar-refractivity contribution in [3.8, 4) is 5.75 Å². The van der Waals surface area contributed by atoms with Gasteiger partial charge < -0.3 is 14.8 Å². The van der Waals surface area contributed by atoms with E-state index in [-0.39, 0.29) is 30.8 Å². The molecular formula is C18H20FNO3. The quantitative estimate of drug-likeness (QED) is 0.854. The van der Waals surface area contributed by atoms with Gasteiger partial charge in [0.2, 0.25) is 5.91 Å². The summed E-state index contributed by atoms with van der Waals surface area (Å²) >= 11 is 0. The number of ether oxygens (including phenoxy) is 2. The highest BCUT2D eigenvalue weighted by atomic mass is 19.1. The van der Waals surface area contributed by atoms with Gasteiger partial charge in [0.1, 0.15) is 11.6 Å². The molecule has 0 spiro atoms. The molecule has 0 aliphatic heterocycles. The maximum Gasteiger partial charge on any atom is 0.224 e. The molecule has 1 N–H and O–H groups in total. The average Bonchev–Trinajstić information content (AvgIpc) is 2.55. The number of hydrogen-bond donors (Lipinski definition) is 1. The zero-order chi connectivity index (χ0) is 16.7. The summed E-state index contributed by atoms with van der Waals surface area (Å²) in [5, 5.41) is 2.81. The molecule has 23 heavy (non-hydrogen) atoms. The van der Waals surface area contributed by atoms with Crippen LogP contribution in [0.3, 0.4) is 0 Å². The Labute approximate surface area is 135 Å². The predicted octanol–water partition coefficient (Wildman–Crippen LogP) is 2.88. The third kappa shape index (κ3) is 5.07. The lowest BCUT2D eigenvalue weighted by Crippen LogP contribution is -2.30. The van der Waals surface area contributed by atoms with Crippen molar-refractivity contribution in [3.05, 3.63) is 65.5 Å². The number of carbonyl (C=O) groups is 1. The average molecular weight is 317 g/mol. The smallest absolute Gasteiger partial charge is 0.224 e. The van der Waals surface area contributed by atoms with Crippen molar-refractivity contribution >= 4 is 5.91 Å². The van der Waals surface area contributed by atoms with Crippen LogP contribution < -0.4 is 10.1 Å². The minimum atomic E-state index is -0.389. The Kier molecular flexibility index (Phi) is 6.11. The Morgan fingerprint density at radius 3 is 2.65 bits per heavy atom. The van der Waals surface area contributed by atoms with Crippen LogP contribution in [0.5, 0.6) is 5.75 Å². The molecule has 0 fully saturated rings. The monoisotopic (exact) mass is 317 g/mol. The molecule has 5 heteroatoms. The summed E-state index contributed by atoms with van der Waals surface area (Å²) in [6, 6.07) is 13.5. The molecule has 0 aliphatic carbocycles. The van der Waals surface area contributed by atoms with E-state index in [0.717, 1.165) is 5.56 Å². The molecule has 1 amide bonds. The Balaban J connectivity index is 1.92. The molecule has 2 rings (SSSR count). The lowest BCUT2D eigenvalue weighted by molar-refractivity contribution is -0.121. The second-order valence-corrected chi connectivity index (χ2v) is 5.11. The predicted molar refractivity (Wildman–Crippen MR) is 85.9 cm³/mol. The maximum absolute atomic E-state index is 13.3. The van der Waals surface area contributed by atoms with Crippen molar-refractivity contribution in [1.29, 1.82) is 0 Å². The van der Waals surface area contributed by atoms with Crippen LogP contribution in [0.15, 0.2) is 48.5 Å². The van der Waals surface area contributed by atoms with Gasteiger partial charge in [0.05, 0.1) is 19.6 Å². The zero-order valence-corrected chi connectivity index (χ0v) is 13.2. The van der Waals surface area contributed by atoms with Gasteiger partial charge in [0.25, 0.3) is 0 Å². The zero-order valence-electron chi connectivity index (χ0n) is 13.2. The number of methoxy groups -OCH3 is 2. The Hall–Kier alpha value is -2.40. The molecule has 0 heterocycles. The van der Waals surface area contributed by atoms with Crippen LogP contribution in [-0.4, -0.2) is 26.7 Å². The van der Waals surface area contributed by atoms with E-state index in [1.54, 1.807) is 19.2 Å². The Morgan fingerprint density at radius 2 is 1.96 bits per heavy atom. The minimum Gasteiger partial charge on any atom is -0.497 e. The van der Waals surface area contributed by atoms with E-state index >= 15 is 0 Å². The number of benzene rings is 2. The number of amides is 1. The largest absolute Gasteiger partial charge is 0.497 e. The fraction of sp³-hybridized carbons (Fsp3) is 0.278. The first-order valence-electron chi connectivity index (χ1n) is 7.30. The van der Waals surface area contributed by atoms with Gasteiger partial charge in [-0.1, -0.05) is 24.3 Å². The van der Waals surface area contributed by atoms with Crippen LogP contribution in [0.4, 0.5) is 4.39 Å². The van der Waals surface area contributed by atoms with Crippen molar-refractivity contribution in [3.63, 3.8) is 0 Å². The Bertz CT molecular complexity index is 660. The third-order valence-corrected chi connectivity index (χ3v) is 3.49. The molecule has 2 aromatic carbocycles. The highest BCUT2D eigenvalue weighted by Gasteiger charge is 2.13. The van der Waals surface area contributed by atoms with Gasteiger partial charge in [-0.3, -0.25) is 4.79 Å². The fourth-order valence-electron chi connectivity index (χ4n) is 2.28. The summed E-state index contributed by atoms with van der Waals surface area (Å²) in [7, 11) is 3.12. The molecule has 122 valence electrons. The van der Waals surface area contributed by atoms with Crippen LogP contribution in [0.1, 0.15) is 17.2 Å². The number of rotatable bonds is 7. The summed E-state index contributed by atoms with van der Waals surface area (Å²) in [5.74, 6) is 0.258. The topological polar surface area (TPSA) is 47.6 Å². The summed E-state index contributed by atoms with van der Waals surface area (Å²) in [6.07, 6.45) is -0.142. The van der Waals surface area contributed by atoms with Crippen LogP contribution in [-0.2, 0) is 16.0 Å². The molecule has 0 saturated carbocycles. The van der Waals surface area contributed by atoms with Crippen LogP contribution in [0.2, 0.25) is 0 Å². The lowest BCUT2D eigenvalue weighted by atomic mass is 10.1. The van der Waals surface area contributed by atoms with Crippen LogP contribution >= 0.6 is 0 Å². The van der Waals surface area contributed by atoms with E-state index in [9.17, 15) is 9.18 Å². The van der Waals surface area contributed by atoms with E-state index in [2.05, 4.69) is 5.32 Å². The SMILES string of the molecule is COc1cccc(CC(=O)NCC(OC)c2cccc(F)c2)c1. The molecule has 0 aliphatic rings. The van der Waals surface area contributed by atoms with E-state index in [1.165, 1.54) is 19.2 Å². The number of nitrogens with one attached hydrogen (secondary N) is 1. The first-order valence-corrected chi connectivity index (χ1v) is 7.30. The van der Waals surface area contributed by atoms with Gasteiger partial charge in [-0.15, -0.1) is 0 Å². The molecule has 0 radical (unpaired) electrons. The van der Waals surface area contributed by atoms with E-state index in [4.69, 9.17) is 9.47 Å². The molecule has 0 aromatic heterocycles. The van der Waals surface area contributed by atoms with Gasteiger partial charge in [-0.25, -0.2) is 4.39 Å². The number of halogens is 1. The standard InChI is InChI=1S/C18H20FNO3/c1-22-16-8-3-5-13(9-16)10-18(21)20-12-17(23-2)14-6-4-7-15(19)11-14/h3-9,11,17H,10,12H2,1-2H3,(H,20,21). The highest BCUT2D eigenvalue weighted by molar-refractivity contribution is 5.78. The minimum absolute atomic E-state index is 0.128. The summed E-state index contributed by atoms with van der Waals surface area (Å²) in [6.45, 7) is 0.281. The molecule has 0 bridgehead atoms. The van der Waals surface area contributed by atoms with Gasteiger partial charge in [-0.05, 0) is 35.4 Å². The van der Waals surface area contributed by atoms with Crippen molar-refractivity contribution < 1.29 is 18.7 Å². The molecular weight excluding hydrogens is 297 g/mol. The summed E-state index contributed by atoms with van der Waals surface area (Å²) in [4.78, 5) is 12.0. The second kappa shape index (κ2) is 8.29. The highest BCUT2D eigenvalue weighted by Crippen LogP contribution is 2.17. The first kappa shape index (κ1) is 17.0. The van der Waals surface area contributed by atoms with Crippen molar-refractivity contribution in [1.82, 2.24) is 5.32 Å². The van der Waals surface area contributed by atoms with Gasteiger partial charge in [0, 0.05) is 13.7 Å². The summed E-state index contributed by atoms with van der Waals surface area (Å²) in [5.41, 5.74) is 1.55. The van der Waals surface area contributed by atoms with Crippen LogP contribution in [0, 0.1) is 5.82 Å². The van der Waals surface area contributed by atoms with Gasteiger partial charge in [-0.2, -0.15) is 0 Å². The van der Waals surface area contributed by atoms with Crippen LogP contribution in [0.25, 0.3) is 0 Å². The number of carbonyl (C=O) groups excluding carboxylic acids is 1.